The second kappa shape index (κ2) is 8.28. The van der Waals surface area contributed by atoms with Gasteiger partial charge in [0.15, 0.2) is 0 Å². The number of rotatable bonds is 6. The van der Waals surface area contributed by atoms with E-state index in [4.69, 9.17) is 4.74 Å². The van der Waals surface area contributed by atoms with Gasteiger partial charge < -0.3 is 4.74 Å². The standard InChI is InChI=1S/C18H19N5O4/c1-27-15-8-6-11-4-2-3-5-12(11)13(15)10-19-22-16(24)9-7-14-17(25)20-18(26)23-21-14/h2-6,8,10,14,21H,7,9H2,1H3,(H,22,24)(H2,20,23,25,26)/b19-10-. The Morgan fingerprint density at radius 1 is 1.26 bits per heavy atom. The average Bonchev–Trinajstić information content (AvgIpc) is 2.67. The van der Waals surface area contributed by atoms with Gasteiger partial charge in [0.2, 0.25) is 11.8 Å². The molecule has 1 aliphatic heterocycles. The van der Waals surface area contributed by atoms with Crippen molar-refractivity contribution < 1.29 is 19.1 Å². The quantitative estimate of drug-likeness (QED) is 0.443. The van der Waals surface area contributed by atoms with Crippen LogP contribution in [0.5, 0.6) is 5.75 Å². The summed E-state index contributed by atoms with van der Waals surface area (Å²) in [5.74, 6) is -0.182. The topological polar surface area (TPSA) is 121 Å². The van der Waals surface area contributed by atoms with Crippen molar-refractivity contribution in [3.05, 3.63) is 42.0 Å². The molecule has 1 heterocycles. The van der Waals surface area contributed by atoms with E-state index in [9.17, 15) is 14.4 Å². The van der Waals surface area contributed by atoms with Gasteiger partial charge in [-0.2, -0.15) is 5.10 Å². The second-order valence-corrected chi connectivity index (χ2v) is 5.87. The molecule has 1 aliphatic rings. The first kappa shape index (κ1) is 18.3. The normalized spacial score (nSPS) is 16.9. The van der Waals surface area contributed by atoms with Gasteiger partial charge in [0.25, 0.3) is 0 Å². The molecule has 2 aromatic rings. The number of hydrogen-bond acceptors (Lipinski definition) is 6. The molecule has 9 heteroatoms. The fourth-order valence-corrected chi connectivity index (χ4v) is 2.74. The molecule has 0 aromatic heterocycles. The number of imide groups is 1. The first-order valence-electron chi connectivity index (χ1n) is 8.32. The van der Waals surface area contributed by atoms with Crippen LogP contribution in [0, 0.1) is 0 Å². The molecule has 9 nitrogen and oxygen atoms in total. The number of amides is 4. The van der Waals surface area contributed by atoms with Gasteiger partial charge in [0, 0.05) is 12.0 Å². The fraction of sp³-hybridized carbons (Fsp3) is 0.222. The molecule has 0 radical (unpaired) electrons. The molecular formula is C18H19N5O4. The van der Waals surface area contributed by atoms with Crippen LogP contribution in [0.2, 0.25) is 0 Å². The van der Waals surface area contributed by atoms with E-state index in [1.165, 1.54) is 6.21 Å². The summed E-state index contributed by atoms with van der Waals surface area (Å²) in [5.41, 5.74) is 8.02. The highest BCUT2D eigenvalue weighted by Crippen LogP contribution is 2.26. The molecule has 4 N–H and O–H groups in total. The Labute approximate surface area is 155 Å². The van der Waals surface area contributed by atoms with Crippen molar-refractivity contribution in [3.8, 4) is 5.75 Å². The lowest BCUT2D eigenvalue weighted by atomic mass is 10.0. The molecule has 1 atom stereocenters. The van der Waals surface area contributed by atoms with Gasteiger partial charge in [-0.25, -0.2) is 15.6 Å². The Bertz CT molecular complexity index is 912. The van der Waals surface area contributed by atoms with Crippen LogP contribution < -0.4 is 26.3 Å². The Morgan fingerprint density at radius 3 is 2.85 bits per heavy atom. The summed E-state index contributed by atoms with van der Waals surface area (Å²) >= 11 is 0. The number of ether oxygens (including phenoxy) is 1. The lowest BCUT2D eigenvalue weighted by molar-refractivity contribution is -0.124. The lowest BCUT2D eigenvalue weighted by Crippen LogP contribution is -2.62. The van der Waals surface area contributed by atoms with E-state index >= 15 is 0 Å². The monoisotopic (exact) mass is 369 g/mol. The van der Waals surface area contributed by atoms with E-state index < -0.39 is 18.0 Å². The minimum Gasteiger partial charge on any atom is -0.496 e. The van der Waals surface area contributed by atoms with Crippen LogP contribution in [-0.4, -0.2) is 37.2 Å². The number of benzene rings is 2. The SMILES string of the molecule is COc1ccc2ccccc2c1/C=N\NC(=O)CCC1NNC(=O)NC1=O. The molecule has 1 fully saturated rings. The van der Waals surface area contributed by atoms with Crippen LogP contribution in [0.15, 0.2) is 41.5 Å². The summed E-state index contributed by atoms with van der Waals surface area (Å²) in [7, 11) is 1.57. The number of carbonyl (C=O) groups excluding carboxylic acids is 3. The van der Waals surface area contributed by atoms with Crippen molar-refractivity contribution in [1.29, 1.82) is 0 Å². The predicted octanol–water partition coefficient (Wildman–Crippen LogP) is 0.791. The van der Waals surface area contributed by atoms with Crippen LogP contribution in [0.3, 0.4) is 0 Å². The van der Waals surface area contributed by atoms with E-state index in [1.54, 1.807) is 7.11 Å². The maximum Gasteiger partial charge on any atom is 0.335 e. The molecule has 1 saturated heterocycles. The van der Waals surface area contributed by atoms with Crippen molar-refractivity contribution in [3.63, 3.8) is 0 Å². The lowest BCUT2D eigenvalue weighted by Gasteiger charge is -2.22. The molecule has 3 rings (SSSR count). The van der Waals surface area contributed by atoms with Gasteiger partial charge in [0.05, 0.1) is 13.3 Å². The molecular weight excluding hydrogens is 350 g/mol. The third kappa shape index (κ3) is 4.39. The van der Waals surface area contributed by atoms with Crippen molar-refractivity contribution in [2.75, 3.05) is 7.11 Å². The Balaban J connectivity index is 1.60. The number of carbonyl (C=O) groups is 3. The van der Waals surface area contributed by atoms with Gasteiger partial charge >= 0.3 is 6.03 Å². The van der Waals surface area contributed by atoms with Gasteiger partial charge in [0.1, 0.15) is 11.8 Å². The fourth-order valence-electron chi connectivity index (χ4n) is 2.74. The largest absolute Gasteiger partial charge is 0.496 e. The number of hydrazone groups is 1. The summed E-state index contributed by atoms with van der Waals surface area (Å²) in [6, 6.07) is 10.3. The summed E-state index contributed by atoms with van der Waals surface area (Å²) in [4.78, 5) is 34.5. The predicted molar refractivity (Wildman–Crippen MR) is 99.1 cm³/mol. The van der Waals surface area contributed by atoms with Crippen molar-refractivity contribution in [2.45, 2.75) is 18.9 Å². The Hall–Kier alpha value is -3.46. The summed E-state index contributed by atoms with van der Waals surface area (Å²) in [6.45, 7) is 0. The maximum atomic E-state index is 12.0. The summed E-state index contributed by atoms with van der Waals surface area (Å²) < 4.78 is 5.37. The number of fused-ring (bicyclic) bond motifs is 1. The third-order valence-electron chi connectivity index (χ3n) is 4.11. The van der Waals surface area contributed by atoms with Gasteiger partial charge in [-0.1, -0.05) is 30.3 Å². The first-order chi connectivity index (χ1) is 13.1. The van der Waals surface area contributed by atoms with Crippen LogP contribution in [0.1, 0.15) is 18.4 Å². The molecule has 2 aromatic carbocycles. The first-order valence-corrected chi connectivity index (χ1v) is 8.32. The number of hydrogen-bond donors (Lipinski definition) is 4. The summed E-state index contributed by atoms with van der Waals surface area (Å²) in [6.07, 6.45) is 1.81. The molecule has 0 spiro atoms. The highest BCUT2D eigenvalue weighted by molar-refractivity contribution is 6.02. The maximum absolute atomic E-state index is 12.0. The zero-order valence-corrected chi connectivity index (χ0v) is 14.6. The van der Waals surface area contributed by atoms with E-state index in [0.717, 1.165) is 16.3 Å². The molecule has 140 valence electrons. The second-order valence-electron chi connectivity index (χ2n) is 5.87. The van der Waals surface area contributed by atoms with Crippen LogP contribution in [-0.2, 0) is 9.59 Å². The number of methoxy groups -OCH3 is 1. The van der Waals surface area contributed by atoms with Crippen LogP contribution in [0.25, 0.3) is 10.8 Å². The van der Waals surface area contributed by atoms with Crippen LogP contribution >= 0.6 is 0 Å². The van der Waals surface area contributed by atoms with Crippen LogP contribution in [0.4, 0.5) is 4.79 Å². The average molecular weight is 369 g/mol. The summed E-state index contributed by atoms with van der Waals surface area (Å²) in [5, 5.41) is 8.10. The van der Waals surface area contributed by atoms with Crippen molar-refractivity contribution in [2.24, 2.45) is 5.10 Å². The molecule has 1 unspecified atom stereocenters. The van der Waals surface area contributed by atoms with Gasteiger partial charge in [-0.3, -0.25) is 20.3 Å². The van der Waals surface area contributed by atoms with Gasteiger partial charge in [-0.15, -0.1) is 0 Å². The zero-order chi connectivity index (χ0) is 19.2. The number of hydrazine groups is 1. The molecule has 0 aliphatic carbocycles. The Kier molecular flexibility index (Phi) is 5.62. The highest BCUT2D eigenvalue weighted by atomic mass is 16.5. The van der Waals surface area contributed by atoms with Gasteiger partial charge in [-0.05, 0) is 23.3 Å². The highest BCUT2D eigenvalue weighted by Gasteiger charge is 2.25. The molecule has 0 bridgehead atoms. The van der Waals surface area contributed by atoms with E-state index in [-0.39, 0.29) is 18.7 Å². The zero-order valence-electron chi connectivity index (χ0n) is 14.6. The molecule has 27 heavy (non-hydrogen) atoms. The van der Waals surface area contributed by atoms with Crippen molar-refractivity contribution >= 4 is 34.8 Å². The minimum atomic E-state index is -0.671. The number of urea groups is 1. The molecule has 4 amide bonds. The molecule has 0 saturated carbocycles. The van der Waals surface area contributed by atoms with E-state index in [1.807, 2.05) is 36.4 Å². The smallest absolute Gasteiger partial charge is 0.335 e. The third-order valence-corrected chi connectivity index (χ3v) is 4.11. The number of nitrogens with one attached hydrogen (secondary N) is 4. The van der Waals surface area contributed by atoms with Crippen molar-refractivity contribution in [1.82, 2.24) is 21.6 Å². The van der Waals surface area contributed by atoms with E-state index in [0.29, 0.717) is 5.75 Å². The Morgan fingerprint density at radius 2 is 2.07 bits per heavy atom. The minimum absolute atomic E-state index is 0.0605. The van der Waals surface area contributed by atoms with E-state index in [2.05, 4.69) is 26.7 Å². The number of nitrogens with zero attached hydrogens (tertiary/aromatic N) is 1.